The number of unbranched alkanes of at least 4 members (excludes halogenated alkanes) is 1. The molecule has 0 fully saturated rings. The van der Waals surface area contributed by atoms with E-state index in [0.29, 0.717) is 36.1 Å². The van der Waals surface area contributed by atoms with Crippen molar-refractivity contribution in [2.24, 2.45) is 11.3 Å². The van der Waals surface area contributed by atoms with Crippen LogP contribution < -0.4 is 5.56 Å². The monoisotopic (exact) mass is 489 g/mol. The van der Waals surface area contributed by atoms with Crippen LogP contribution in [0.2, 0.25) is 0 Å². The van der Waals surface area contributed by atoms with Gasteiger partial charge in [-0.2, -0.15) is 0 Å². The quantitative estimate of drug-likeness (QED) is 0.302. The van der Waals surface area contributed by atoms with Crippen molar-refractivity contribution in [2.45, 2.75) is 86.6 Å². The summed E-state index contributed by atoms with van der Waals surface area (Å²) in [6.45, 7) is 15.7. The van der Waals surface area contributed by atoms with Gasteiger partial charge in [-0.25, -0.2) is 4.98 Å². The highest BCUT2D eigenvalue weighted by Gasteiger charge is 2.30. The van der Waals surface area contributed by atoms with Crippen LogP contribution in [0.4, 0.5) is 0 Å². The Labute approximate surface area is 216 Å². The summed E-state index contributed by atoms with van der Waals surface area (Å²) in [6, 6.07) is 15.2. The molecule has 0 bridgehead atoms. The predicted octanol–water partition coefficient (Wildman–Crippen LogP) is 7.24. The van der Waals surface area contributed by atoms with Crippen LogP contribution in [0.3, 0.4) is 0 Å². The highest BCUT2D eigenvalue weighted by molar-refractivity contribution is 5.79. The SMILES string of the molecule is CCCCN(C(=O)CC(C)CC(C)(C)C)C(CC)c1nc2ccccc2c(=O)n1-c1cccc(C)c1. The van der Waals surface area contributed by atoms with Crippen LogP contribution >= 0.6 is 0 Å². The minimum atomic E-state index is -0.288. The Bertz CT molecular complexity index is 1240. The van der Waals surface area contributed by atoms with Crippen molar-refractivity contribution < 1.29 is 4.79 Å². The Morgan fingerprint density at radius 3 is 2.44 bits per heavy atom. The van der Waals surface area contributed by atoms with E-state index in [-0.39, 0.29) is 28.8 Å². The minimum absolute atomic E-state index is 0.0939. The molecule has 2 aromatic carbocycles. The molecule has 0 aliphatic rings. The largest absolute Gasteiger partial charge is 0.332 e. The highest BCUT2D eigenvalue weighted by Crippen LogP contribution is 2.30. The number of aromatic nitrogens is 2. The summed E-state index contributed by atoms with van der Waals surface area (Å²) in [5, 5.41) is 0.586. The number of hydrogen-bond donors (Lipinski definition) is 0. The van der Waals surface area contributed by atoms with Crippen LogP contribution in [-0.2, 0) is 4.79 Å². The molecular formula is C31H43N3O2. The van der Waals surface area contributed by atoms with Gasteiger partial charge in [-0.3, -0.25) is 14.2 Å². The van der Waals surface area contributed by atoms with Crippen LogP contribution in [0.15, 0.2) is 53.3 Å². The van der Waals surface area contributed by atoms with Gasteiger partial charge in [-0.15, -0.1) is 0 Å². The van der Waals surface area contributed by atoms with Crippen molar-refractivity contribution in [3.63, 3.8) is 0 Å². The molecule has 0 N–H and O–H groups in total. The van der Waals surface area contributed by atoms with Crippen LogP contribution in [0.5, 0.6) is 0 Å². The molecule has 5 nitrogen and oxygen atoms in total. The van der Waals surface area contributed by atoms with E-state index in [2.05, 4.69) is 41.5 Å². The fourth-order valence-corrected chi connectivity index (χ4v) is 5.25. The lowest BCUT2D eigenvalue weighted by molar-refractivity contribution is -0.135. The van der Waals surface area contributed by atoms with E-state index in [9.17, 15) is 9.59 Å². The maximum atomic E-state index is 13.8. The molecule has 0 aliphatic carbocycles. The molecule has 36 heavy (non-hydrogen) atoms. The summed E-state index contributed by atoms with van der Waals surface area (Å²) in [7, 11) is 0. The number of aryl methyl sites for hydroxylation is 1. The van der Waals surface area contributed by atoms with Crippen molar-refractivity contribution in [3.05, 3.63) is 70.3 Å². The molecule has 2 atom stereocenters. The maximum absolute atomic E-state index is 13.8. The van der Waals surface area contributed by atoms with Gasteiger partial charge in [0.1, 0.15) is 5.82 Å². The lowest BCUT2D eigenvalue weighted by Crippen LogP contribution is -2.39. The molecule has 2 unspecified atom stereocenters. The summed E-state index contributed by atoms with van der Waals surface area (Å²) in [5.74, 6) is 1.06. The number of amides is 1. The summed E-state index contributed by atoms with van der Waals surface area (Å²) >= 11 is 0. The van der Waals surface area contributed by atoms with Gasteiger partial charge in [0.2, 0.25) is 5.91 Å². The molecule has 0 saturated heterocycles. The molecule has 0 aliphatic heterocycles. The molecular weight excluding hydrogens is 446 g/mol. The molecule has 1 amide bonds. The second-order valence-corrected chi connectivity index (χ2v) is 11.4. The number of nitrogens with zero attached hydrogens (tertiary/aromatic N) is 3. The normalized spacial score (nSPS) is 13.5. The second kappa shape index (κ2) is 11.9. The second-order valence-electron chi connectivity index (χ2n) is 11.4. The van der Waals surface area contributed by atoms with Gasteiger partial charge in [0, 0.05) is 13.0 Å². The van der Waals surface area contributed by atoms with E-state index in [1.807, 2.05) is 60.4 Å². The number of fused-ring (bicyclic) bond motifs is 1. The third-order valence-corrected chi connectivity index (χ3v) is 6.68. The van der Waals surface area contributed by atoms with E-state index < -0.39 is 0 Å². The first-order valence-electron chi connectivity index (χ1n) is 13.4. The Balaban J connectivity index is 2.15. The smallest absolute Gasteiger partial charge is 0.266 e. The van der Waals surface area contributed by atoms with Crippen LogP contribution in [0.25, 0.3) is 16.6 Å². The Morgan fingerprint density at radius 2 is 1.81 bits per heavy atom. The third-order valence-electron chi connectivity index (χ3n) is 6.68. The zero-order chi connectivity index (χ0) is 26.5. The summed E-state index contributed by atoms with van der Waals surface area (Å²) in [4.78, 5) is 34.6. The Hall–Kier alpha value is -2.95. The van der Waals surface area contributed by atoms with Crippen molar-refractivity contribution in [2.75, 3.05) is 6.54 Å². The number of para-hydroxylation sites is 1. The van der Waals surface area contributed by atoms with Gasteiger partial charge in [-0.05, 0) is 67.3 Å². The summed E-state index contributed by atoms with van der Waals surface area (Å²) in [6.07, 6.45) is 4.07. The number of carbonyl (C=O) groups is 1. The van der Waals surface area contributed by atoms with Crippen LogP contribution in [-0.4, -0.2) is 26.9 Å². The van der Waals surface area contributed by atoms with Crippen molar-refractivity contribution in [1.29, 1.82) is 0 Å². The fraction of sp³-hybridized carbons (Fsp3) is 0.516. The molecule has 3 rings (SSSR count). The van der Waals surface area contributed by atoms with Crippen LogP contribution in [0.1, 0.15) is 91.1 Å². The van der Waals surface area contributed by atoms with Gasteiger partial charge in [0.05, 0.1) is 22.6 Å². The molecule has 1 heterocycles. The zero-order valence-corrected chi connectivity index (χ0v) is 23.2. The van der Waals surface area contributed by atoms with Gasteiger partial charge >= 0.3 is 0 Å². The van der Waals surface area contributed by atoms with Gasteiger partial charge in [-0.1, -0.05) is 72.2 Å². The van der Waals surface area contributed by atoms with Crippen molar-refractivity contribution in [3.8, 4) is 5.69 Å². The fourth-order valence-electron chi connectivity index (χ4n) is 5.25. The van der Waals surface area contributed by atoms with Gasteiger partial charge in [0.25, 0.3) is 5.56 Å². The molecule has 0 spiro atoms. The first-order valence-corrected chi connectivity index (χ1v) is 13.4. The van der Waals surface area contributed by atoms with Crippen molar-refractivity contribution in [1.82, 2.24) is 14.5 Å². The van der Waals surface area contributed by atoms with E-state index in [1.165, 1.54) is 0 Å². The van der Waals surface area contributed by atoms with E-state index in [0.717, 1.165) is 30.5 Å². The number of benzene rings is 2. The Morgan fingerprint density at radius 1 is 1.08 bits per heavy atom. The topological polar surface area (TPSA) is 55.2 Å². The zero-order valence-electron chi connectivity index (χ0n) is 23.2. The lowest BCUT2D eigenvalue weighted by Gasteiger charge is -2.34. The van der Waals surface area contributed by atoms with E-state index in [4.69, 9.17) is 4.98 Å². The van der Waals surface area contributed by atoms with E-state index >= 15 is 0 Å². The molecule has 1 aromatic heterocycles. The molecule has 194 valence electrons. The molecule has 3 aromatic rings. The first kappa shape index (κ1) is 27.6. The van der Waals surface area contributed by atoms with Crippen LogP contribution in [0, 0.1) is 18.3 Å². The minimum Gasteiger partial charge on any atom is -0.332 e. The highest BCUT2D eigenvalue weighted by atomic mass is 16.2. The number of hydrogen-bond acceptors (Lipinski definition) is 3. The van der Waals surface area contributed by atoms with Gasteiger partial charge in [0.15, 0.2) is 0 Å². The summed E-state index contributed by atoms with van der Waals surface area (Å²) in [5.41, 5.74) is 2.61. The lowest BCUT2D eigenvalue weighted by atomic mass is 9.84. The maximum Gasteiger partial charge on any atom is 0.266 e. The molecule has 0 radical (unpaired) electrons. The number of rotatable bonds is 10. The Kier molecular flexibility index (Phi) is 9.10. The standard InChI is InChI=1S/C31H43N3O2/c1-8-10-18-33(28(35)20-23(4)21-31(5,6)7)27(9-2)29-32-26-17-12-11-16-25(26)30(36)34(29)24-15-13-14-22(3)19-24/h11-17,19,23,27H,8-10,18,20-21H2,1-7H3. The average Bonchev–Trinajstić information content (AvgIpc) is 2.80. The molecule has 5 heteroatoms. The van der Waals surface area contributed by atoms with E-state index in [1.54, 1.807) is 4.57 Å². The number of carbonyl (C=O) groups excluding carboxylic acids is 1. The third kappa shape index (κ3) is 6.63. The predicted molar refractivity (Wildman–Crippen MR) is 150 cm³/mol. The van der Waals surface area contributed by atoms with Gasteiger partial charge < -0.3 is 4.90 Å². The first-order chi connectivity index (χ1) is 17.1. The average molecular weight is 490 g/mol. The summed E-state index contributed by atoms with van der Waals surface area (Å²) < 4.78 is 1.73. The van der Waals surface area contributed by atoms with Crippen molar-refractivity contribution >= 4 is 16.8 Å². The molecule has 0 saturated carbocycles.